The molecule has 1 saturated heterocycles. The summed E-state index contributed by atoms with van der Waals surface area (Å²) in [6, 6.07) is 8.25. The second-order valence-electron chi connectivity index (χ2n) is 5.74. The average molecular weight is 307 g/mol. The molecular formula is C16H25N3OS. The van der Waals surface area contributed by atoms with E-state index in [1.807, 2.05) is 24.3 Å². The topological polar surface area (TPSA) is 41.7 Å². The number of nitrogens with zero attached hydrogens (tertiary/aromatic N) is 2. The molecule has 1 aliphatic rings. The molecule has 1 aromatic carbocycles. The second-order valence-corrected chi connectivity index (χ2v) is 6.18. The van der Waals surface area contributed by atoms with Crippen molar-refractivity contribution in [2.24, 2.45) is 5.73 Å². The van der Waals surface area contributed by atoms with Crippen LogP contribution in [0.2, 0.25) is 0 Å². The number of benzene rings is 1. The highest BCUT2D eigenvalue weighted by Gasteiger charge is 2.19. The molecule has 0 radical (unpaired) electrons. The van der Waals surface area contributed by atoms with Gasteiger partial charge in [0, 0.05) is 24.7 Å². The predicted molar refractivity (Wildman–Crippen MR) is 91.0 cm³/mol. The van der Waals surface area contributed by atoms with E-state index in [1.165, 1.54) is 13.0 Å². The number of hydrogen-bond donors (Lipinski definition) is 1. The molecule has 2 rings (SSSR count). The van der Waals surface area contributed by atoms with Crippen molar-refractivity contribution < 1.29 is 4.74 Å². The smallest absolute Gasteiger partial charge is 0.120 e. The molecule has 0 amide bonds. The molecule has 21 heavy (non-hydrogen) atoms. The summed E-state index contributed by atoms with van der Waals surface area (Å²) in [5, 5.41) is 0. The summed E-state index contributed by atoms with van der Waals surface area (Å²) >= 11 is 4.99. The highest BCUT2D eigenvalue weighted by Crippen LogP contribution is 2.14. The van der Waals surface area contributed by atoms with Gasteiger partial charge in [-0.1, -0.05) is 24.4 Å². The zero-order chi connectivity index (χ0) is 15.2. The third-order valence-corrected chi connectivity index (χ3v) is 4.19. The minimum atomic E-state index is 0.407. The maximum absolute atomic E-state index is 5.85. The first-order chi connectivity index (χ1) is 10.1. The fourth-order valence-electron chi connectivity index (χ4n) is 2.77. The van der Waals surface area contributed by atoms with E-state index in [4.69, 9.17) is 22.7 Å². The summed E-state index contributed by atoms with van der Waals surface area (Å²) in [4.78, 5) is 5.31. The third-order valence-electron chi connectivity index (χ3n) is 3.95. The number of thiocarbonyl (C=S) groups is 1. The van der Waals surface area contributed by atoms with Crippen LogP contribution in [0.25, 0.3) is 0 Å². The van der Waals surface area contributed by atoms with Crippen molar-refractivity contribution >= 4 is 17.2 Å². The van der Waals surface area contributed by atoms with E-state index in [1.54, 1.807) is 0 Å². The Bertz CT molecular complexity index is 480. The van der Waals surface area contributed by atoms with Crippen molar-refractivity contribution in [3.05, 3.63) is 29.8 Å². The summed E-state index contributed by atoms with van der Waals surface area (Å²) in [6.45, 7) is 7.37. The Morgan fingerprint density at radius 2 is 2.24 bits per heavy atom. The normalized spacial score (nSPS) is 21.0. The summed E-state index contributed by atoms with van der Waals surface area (Å²) < 4.78 is 5.85. The van der Waals surface area contributed by atoms with Crippen LogP contribution >= 0.6 is 12.2 Å². The molecule has 0 spiro atoms. The Hall–Kier alpha value is -1.17. The van der Waals surface area contributed by atoms with Crippen molar-refractivity contribution in [2.75, 3.05) is 39.8 Å². The minimum absolute atomic E-state index is 0.407. The van der Waals surface area contributed by atoms with Gasteiger partial charge in [-0.05, 0) is 45.6 Å². The molecule has 0 saturated carbocycles. The number of nitrogens with two attached hydrogens (primary N) is 1. The van der Waals surface area contributed by atoms with Crippen LogP contribution < -0.4 is 10.5 Å². The Morgan fingerprint density at radius 1 is 1.43 bits per heavy atom. The van der Waals surface area contributed by atoms with Gasteiger partial charge in [-0.2, -0.15) is 0 Å². The monoisotopic (exact) mass is 307 g/mol. The highest BCUT2D eigenvalue weighted by molar-refractivity contribution is 7.80. The van der Waals surface area contributed by atoms with Crippen molar-refractivity contribution in [3.63, 3.8) is 0 Å². The van der Waals surface area contributed by atoms with Crippen molar-refractivity contribution in [1.82, 2.24) is 9.80 Å². The van der Waals surface area contributed by atoms with Gasteiger partial charge < -0.3 is 15.4 Å². The Balaban J connectivity index is 1.83. The molecule has 116 valence electrons. The van der Waals surface area contributed by atoms with E-state index in [-0.39, 0.29) is 0 Å². The molecule has 1 aromatic rings. The van der Waals surface area contributed by atoms with Crippen LogP contribution in [0.15, 0.2) is 24.3 Å². The lowest BCUT2D eigenvalue weighted by Gasteiger charge is -2.27. The van der Waals surface area contributed by atoms with Gasteiger partial charge in [0.1, 0.15) is 17.3 Å². The molecule has 0 aromatic heterocycles. The van der Waals surface area contributed by atoms with Gasteiger partial charge in [0.25, 0.3) is 0 Å². The van der Waals surface area contributed by atoms with Crippen molar-refractivity contribution in [1.29, 1.82) is 0 Å². The Labute approximate surface area is 132 Å². The van der Waals surface area contributed by atoms with Crippen LogP contribution in [0, 0.1) is 0 Å². The SMILES string of the molecule is CC1CN(C)CCCN1CCOc1cccc(C(N)=S)c1. The standard InChI is InChI=1S/C16H25N3OS/c1-13-12-18(2)7-4-8-19(13)9-10-20-15-6-3-5-14(11-15)16(17)21/h3,5-6,11,13H,4,7-10,12H2,1-2H3,(H2,17,21). The van der Waals surface area contributed by atoms with Crippen LogP contribution in [0.4, 0.5) is 0 Å². The van der Waals surface area contributed by atoms with E-state index < -0.39 is 0 Å². The summed E-state index contributed by atoms with van der Waals surface area (Å²) in [7, 11) is 2.19. The molecule has 1 atom stereocenters. The average Bonchev–Trinajstić information content (AvgIpc) is 2.60. The second kappa shape index (κ2) is 7.73. The van der Waals surface area contributed by atoms with Gasteiger partial charge >= 0.3 is 0 Å². The summed E-state index contributed by atoms with van der Waals surface area (Å²) in [6.07, 6.45) is 1.22. The fourth-order valence-corrected chi connectivity index (χ4v) is 2.90. The van der Waals surface area contributed by atoms with E-state index in [9.17, 15) is 0 Å². The van der Waals surface area contributed by atoms with Gasteiger partial charge in [-0.3, -0.25) is 4.90 Å². The largest absolute Gasteiger partial charge is 0.492 e. The Kier molecular flexibility index (Phi) is 5.96. The number of rotatable bonds is 5. The third kappa shape index (κ3) is 4.95. The van der Waals surface area contributed by atoms with Gasteiger partial charge in [-0.25, -0.2) is 0 Å². The molecule has 0 bridgehead atoms. The maximum atomic E-state index is 5.85. The van der Waals surface area contributed by atoms with Gasteiger partial charge in [0.05, 0.1) is 0 Å². The number of hydrogen-bond acceptors (Lipinski definition) is 4. The number of ether oxygens (including phenoxy) is 1. The first-order valence-corrected chi connectivity index (χ1v) is 7.92. The molecule has 1 fully saturated rings. The van der Waals surface area contributed by atoms with Gasteiger partial charge in [0.15, 0.2) is 0 Å². The molecule has 0 aliphatic carbocycles. The van der Waals surface area contributed by atoms with Crippen LogP contribution in [0.3, 0.4) is 0 Å². The molecule has 4 nitrogen and oxygen atoms in total. The summed E-state index contributed by atoms with van der Waals surface area (Å²) in [5.41, 5.74) is 6.49. The minimum Gasteiger partial charge on any atom is -0.492 e. The molecular weight excluding hydrogens is 282 g/mol. The maximum Gasteiger partial charge on any atom is 0.120 e. The molecule has 2 N–H and O–H groups in total. The van der Waals surface area contributed by atoms with E-state index >= 15 is 0 Å². The van der Waals surface area contributed by atoms with Crippen LogP contribution in [-0.2, 0) is 0 Å². The number of likely N-dealkylation sites (N-methyl/N-ethyl adjacent to an activating group) is 1. The van der Waals surface area contributed by atoms with E-state index in [0.29, 0.717) is 17.6 Å². The van der Waals surface area contributed by atoms with Crippen LogP contribution in [0.5, 0.6) is 5.75 Å². The van der Waals surface area contributed by atoms with Crippen molar-refractivity contribution in [2.45, 2.75) is 19.4 Å². The van der Waals surface area contributed by atoms with Crippen molar-refractivity contribution in [3.8, 4) is 5.75 Å². The lowest BCUT2D eigenvalue weighted by atomic mass is 10.2. The zero-order valence-corrected chi connectivity index (χ0v) is 13.7. The molecule has 1 unspecified atom stereocenters. The van der Waals surface area contributed by atoms with Gasteiger partial charge in [-0.15, -0.1) is 0 Å². The lowest BCUT2D eigenvalue weighted by molar-refractivity contribution is 0.166. The lowest BCUT2D eigenvalue weighted by Crippen LogP contribution is -2.40. The summed E-state index contributed by atoms with van der Waals surface area (Å²) in [5.74, 6) is 0.833. The first-order valence-electron chi connectivity index (χ1n) is 7.51. The quantitative estimate of drug-likeness (QED) is 0.839. The van der Waals surface area contributed by atoms with Crippen LogP contribution in [-0.4, -0.2) is 60.7 Å². The van der Waals surface area contributed by atoms with Crippen LogP contribution in [0.1, 0.15) is 18.9 Å². The Morgan fingerprint density at radius 3 is 3.00 bits per heavy atom. The highest BCUT2D eigenvalue weighted by atomic mass is 32.1. The van der Waals surface area contributed by atoms with Gasteiger partial charge in [0.2, 0.25) is 0 Å². The predicted octanol–water partition coefficient (Wildman–Crippen LogP) is 1.73. The molecule has 1 aliphatic heterocycles. The fraction of sp³-hybridized carbons (Fsp3) is 0.562. The van der Waals surface area contributed by atoms with E-state index in [0.717, 1.165) is 30.9 Å². The van der Waals surface area contributed by atoms with E-state index in [2.05, 4.69) is 23.8 Å². The first kappa shape index (κ1) is 16.2. The molecule has 1 heterocycles. The molecule has 5 heteroatoms. The zero-order valence-electron chi connectivity index (χ0n) is 12.9.